The number of nitrogens with zero attached hydrogens (tertiary/aromatic N) is 1. The van der Waals surface area contributed by atoms with Gasteiger partial charge in [-0.2, -0.15) is 0 Å². The lowest BCUT2D eigenvalue weighted by Gasteiger charge is -2.19. The lowest BCUT2D eigenvalue weighted by Crippen LogP contribution is -2.37. The number of carbonyl (C=O) groups excluding carboxylic acids is 1. The first kappa shape index (κ1) is 12.6. The molecule has 0 saturated heterocycles. The van der Waals surface area contributed by atoms with Gasteiger partial charge in [0.2, 0.25) is 0 Å². The highest BCUT2D eigenvalue weighted by atomic mass is 19.1. The second-order valence-corrected chi connectivity index (χ2v) is 3.76. The number of hydrogen-bond acceptors (Lipinski definition) is 2. The van der Waals surface area contributed by atoms with Crippen LogP contribution in [0.1, 0.15) is 17.3 Å². The maximum absolute atomic E-state index is 13.3. The SMILES string of the molecule is CC(N)CN(C)C(=O)c1c(F)cccc1F. The molecule has 0 bridgehead atoms. The van der Waals surface area contributed by atoms with E-state index in [2.05, 4.69) is 0 Å². The molecule has 0 fully saturated rings. The molecule has 0 aliphatic heterocycles. The summed E-state index contributed by atoms with van der Waals surface area (Å²) in [6, 6.07) is 3.07. The van der Waals surface area contributed by atoms with Crippen LogP contribution in [0.5, 0.6) is 0 Å². The van der Waals surface area contributed by atoms with Gasteiger partial charge in [0.05, 0.1) is 0 Å². The number of amides is 1. The highest BCUT2D eigenvalue weighted by molar-refractivity contribution is 5.94. The van der Waals surface area contributed by atoms with Crippen LogP contribution >= 0.6 is 0 Å². The first-order valence-corrected chi connectivity index (χ1v) is 4.88. The van der Waals surface area contributed by atoms with Crippen molar-refractivity contribution in [2.75, 3.05) is 13.6 Å². The fourth-order valence-electron chi connectivity index (χ4n) is 1.41. The van der Waals surface area contributed by atoms with Gasteiger partial charge >= 0.3 is 0 Å². The Morgan fingerprint density at radius 2 is 1.94 bits per heavy atom. The van der Waals surface area contributed by atoms with Gasteiger partial charge in [0.1, 0.15) is 17.2 Å². The van der Waals surface area contributed by atoms with Crippen molar-refractivity contribution in [2.24, 2.45) is 5.73 Å². The molecule has 0 heterocycles. The van der Waals surface area contributed by atoms with Gasteiger partial charge in [-0.25, -0.2) is 8.78 Å². The number of rotatable bonds is 3. The minimum atomic E-state index is -0.860. The minimum Gasteiger partial charge on any atom is -0.340 e. The van der Waals surface area contributed by atoms with Gasteiger partial charge in [-0.1, -0.05) is 6.07 Å². The van der Waals surface area contributed by atoms with E-state index in [1.807, 2.05) is 0 Å². The summed E-state index contributed by atoms with van der Waals surface area (Å²) in [4.78, 5) is 12.9. The number of halogens is 2. The summed E-state index contributed by atoms with van der Waals surface area (Å²) >= 11 is 0. The van der Waals surface area contributed by atoms with Gasteiger partial charge in [-0.05, 0) is 19.1 Å². The van der Waals surface area contributed by atoms with Gasteiger partial charge in [-0.3, -0.25) is 4.79 Å². The second kappa shape index (κ2) is 5.03. The maximum atomic E-state index is 13.3. The van der Waals surface area contributed by atoms with Gasteiger partial charge in [0.25, 0.3) is 5.91 Å². The van der Waals surface area contributed by atoms with Crippen LogP contribution in [0, 0.1) is 11.6 Å². The molecule has 0 spiro atoms. The average Bonchev–Trinajstić information content (AvgIpc) is 2.16. The summed E-state index contributed by atoms with van der Waals surface area (Å²) in [6.07, 6.45) is 0. The summed E-state index contributed by atoms with van der Waals surface area (Å²) in [5, 5.41) is 0. The Morgan fingerprint density at radius 1 is 1.44 bits per heavy atom. The van der Waals surface area contributed by atoms with Crippen LogP contribution < -0.4 is 5.73 Å². The molecular formula is C11H14F2N2O. The molecule has 1 amide bonds. The van der Waals surface area contributed by atoms with Crippen molar-refractivity contribution >= 4 is 5.91 Å². The third-order valence-corrected chi connectivity index (χ3v) is 2.09. The van der Waals surface area contributed by atoms with E-state index in [1.54, 1.807) is 6.92 Å². The molecule has 0 aromatic heterocycles. The van der Waals surface area contributed by atoms with E-state index in [0.29, 0.717) is 0 Å². The molecule has 3 nitrogen and oxygen atoms in total. The molecule has 2 N–H and O–H groups in total. The van der Waals surface area contributed by atoms with E-state index >= 15 is 0 Å². The zero-order valence-corrected chi connectivity index (χ0v) is 9.21. The second-order valence-electron chi connectivity index (χ2n) is 3.76. The topological polar surface area (TPSA) is 46.3 Å². The molecule has 16 heavy (non-hydrogen) atoms. The van der Waals surface area contributed by atoms with E-state index in [9.17, 15) is 13.6 Å². The lowest BCUT2D eigenvalue weighted by atomic mass is 10.1. The van der Waals surface area contributed by atoms with Crippen molar-refractivity contribution in [2.45, 2.75) is 13.0 Å². The zero-order valence-electron chi connectivity index (χ0n) is 9.21. The normalized spacial score (nSPS) is 12.3. The molecule has 88 valence electrons. The van der Waals surface area contributed by atoms with Crippen molar-refractivity contribution in [3.05, 3.63) is 35.4 Å². The molecule has 0 aliphatic carbocycles. The summed E-state index contributed by atoms with van der Waals surface area (Å²) in [5.41, 5.74) is 4.97. The quantitative estimate of drug-likeness (QED) is 0.849. The van der Waals surface area contributed by atoms with Crippen molar-refractivity contribution in [3.63, 3.8) is 0 Å². The molecular weight excluding hydrogens is 214 g/mol. The van der Waals surface area contributed by atoms with E-state index in [-0.39, 0.29) is 12.6 Å². The van der Waals surface area contributed by atoms with Crippen molar-refractivity contribution in [3.8, 4) is 0 Å². The minimum absolute atomic E-state index is 0.243. The molecule has 1 aromatic rings. The molecule has 0 radical (unpaired) electrons. The largest absolute Gasteiger partial charge is 0.340 e. The van der Waals surface area contributed by atoms with Gasteiger partial charge in [-0.15, -0.1) is 0 Å². The summed E-state index contributed by atoms with van der Waals surface area (Å²) in [7, 11) is 1.46. The van der Waals surface area contributed by atoms with Crippen molar-refractivity contribution in [1.29, 1.82) is 0 Å². The first-order valence-electron chi connectivity index (χ1n) is 4.88. The summed E-state index contributed by atoms with van der Waals surface area (Å²) < 4.78 is 26.6. The van der Waals surface area contributed by atoms with Crippen LogP contribution in [0.2, 0.25) is 0 Å². The van der Waals surface area contributed by atoms with E-state index in [0.717, 1.165) is 12.1 Å². The molecule has 1 aromatic carbocycles. The Balaban J connectivity index is 2.96. The summed E-state index contributed by atoms with van der Waals surface area (Å²) in [5.74, 6) is -2.42. The lowest BCUT2D eigenvalue weighted by molar-refractivity contribution is 0.0779. The predicted octanol–water partition coefficient (Wildman–Crippen LogP) is 1.38. The van der Waals surface area contributed by atoms with Crippen molar-refractivity contribution < 1.29 is 13.6 Å². The highest BCUT2D eigenvalue weighted by Crippen LogP contribution is 2.14. The average molecular weight is 228 g/mol. The Labute approximate surface area is 92.8 Å². The van der Waals surface area contributed by atoms with Gasteiger partial charge < -0.3 is 10.6 Å². The Hall–Kier alpha value is -1.49. The number of likely N-dealkylation sites (N-methyl/N-ethyl adjacent to an activating group) is 1. The smallest absolute Gasteiger partial charge is 0.259 e. The van der Waals surface area contributed by atoms with Gasteiger partial charge in [0.15, 0.2) is 0 Å². The molecule has 1 rings (SSSR count). The number of benzene rings is 1. The highest BCUT2D eigenvalue weighted by Gasteiger charge is 2.20. The van der Waals surface area contributed by atoms with Crippen LogP contribution in [0.25, 0.3) is 0 Å². The fraction of sp³-hybridized carbons (Fsp3) is 0.364. The van der Waals surface area contributed by atoms with Crippen LogP contribution in [0.4, 0.5) is 8.78 Å². The standard InChI is InChI=1S/C11H14F2N2O/c1-7(14)6-15(2)11(16)10-8(12)4-3-5-9(10)13/h3-5,7H,6,14H2,1-2H3. The third-order valence-electron chi connectivity index (χ3n) is 2.09. The van der Waals surface area contributed by atoms with Crippen molar-refractivity contribution in [1.82, 2.24) is 4.90 Å². The molecule has 1 atom stereocenters. The Kier molecular flexibility index (Phi) is 3.95. The number of nitrogens with two attached hydrogens (primary N) is 1. The molecule has 0 saturated carbocycles. The van der Waals surface area contributed by atoms with E-state index in [1.165, 1.54) is 18.0 Å². The predicted molar refractivity (Wildman–Crippen MR) is 57.0 cm³/mol. The fourth-order valence-corrected chi connectivity index (χ4v) is 1.41. The summed E-state index contributed by atoms with van der Waals surface area (Å²) in [6.45, 7) is 1.95. The number of hydrogen-bond donors (Lipinski definition) is 1. The van der Waals surface area contributed by atoms with Crippen LogP contribution in [0.15, 0.2) is 18.2 Å². The van der Waals surface area contributed by atoms with Crippen LogP contribution in [0.3, 0.4) is 0 Å². The first-order chi connectivity index (χ1) is 7.43. The Bertz CT molecular complexity index is 373. The molecule has 5 heteroatoms. The van der Waals surface area contributed by atoms with Crippen LogP contribution in [-0.2, 0) is 0 Å². The van der Waals surface area contributed by atoms with Crippen LogP contribution in [-0.4, -0.2) is 30.4 Å². The zero-order chi connectivity index (χ0) is 12.3. The molecule has 0 aliphatic rings. The van der Waals surface area contributed by atoms with Gasteiger partial charge in [0, 0.05) is 19.6 Å². The maximum Gasteiger partial charge on any atom is 0.259 e. The third kappa shape index (κ3) is 2.76. The Morgan fingerprint density at radius 3 is 2.38 bits per heavy atom. The van der Waals surface area contributed by atoms with E-state index < -0.39 is 23.1 Å². The molecule has 1 unspecified atom stereocenters. The number of carbonyl (C=O) groups is 1. The van der Waals surface area contributed by atoms with E-state index in [4.69, 9.17) is 5.73 Å². The monoisotopic (exact) mass is 228 g/mol.